The van der Waals surface area contributed by atoms with E-state index < -0.39 is 15.7 Å². The van der Waals surface area contributed by atoms with Crippen LogP contribution in [0.4, 0.5) is 11.4 Å². The molecule has 1 N–H and O–H groups in total. The van der Waals surface area contributed by atoms with E-state index in [4.69, 9.17) is 0 Å². The van der Waals surface area contributed by atoms with Crippen molar-refractivity contribution in [1.29, 1.82) is 0 Å². The van der Waals surface area contributed by atoms with Gasteiger partial charge in [0.2, 0.25) is 9.84 Å². The van der Waals surface area contributed by atoms with Crippen LogP contribution in [0.15, 0.2) is 82.6 Å². The maximum atomic E-state index is 13.3. The van der Waals surface area contributed by atoms with Gasteiger partial charge in [-0.1, -0.05) is 30.3 Å². The van der Waals surface area contributed by atoms with Gasteiger partial charge in [0.25, 0.3) is 11.8 Å². The second kappa shape index (κ2) is 9.69. The van der Waals surface area contributed by atoms with Crippen LogP contribution < -0.4 is 15.1 Å². The van der Waals surface area contributed by atoms with Crippen molar-refractivity contribution in [2.45, 2.75) is 23.6 Å². The van der Waals surface area contributed by atoms with E-state index in [9.17, 15) is 18.0 Å². The fourth-order valence-electron chi connectivity index (χ4n) is 4.18. The number of fused-ring (bicyclic) bond motifs is 2. The number of nitrogens with zero attached hydrogens (tertiary/aromatic N) is 2. The molecule has 0 saturated heterocycles. The highest BCUT2D eigenvalue weighted by atomic mass is 32.2. The maximum Gasteiger partial charge on any atom is 0.259 e. The first-order chi connectivity index (χ1) is 16.4. The highest BCUT2D eigenvalue weighted by Gasteiger charge is 2.35. The minimum absolute atomic E-state index is 0.0185. The Kier molecular flexibility index (Phi) is 6.70. The van der Waals surface area contributed by atoms with E-state index >= 15 is 0 Å². The number of para-hydroxylation sites is 1. The van der Waals surface area contributed by atoms with Crippen molar-refractivity contribution in [2.24, 2.45) is 0 Å². The van der Waals surface area contributed by atoms with Crippen molar-refractivity contribution in [3.63, 3.8) is 0 Å². The van der Waals surface area contributed by atoms with Gasteiger partial charge in [0, 0.05) is 37.4 Å². The third-order valence-corrected chi connectivity index (χ3v) is 7.80. The number of carbonyl (C=O) groups excluding carboxylic acids is 2. The van der Waals surface area contributed by atoms with E-state index in [1.807, 2.05) is 30.3 Å². The lowest BCUT2D eigenvalue weighted by Gasteiger charge is -2.23. The van der Waals surface area contributed by atoms with E-state index in [0.29, 0.717) is 18.7 Å². The normalized spacial score (nSPS) is 14.1. The lowest BCUT2D eigenvalue weighted by molar-refractivity contribution is 0.0951. The number of likely N-dealkylation sites (N-methyl/N-ethyl adjacent to an activating group) is 1. The molecule has 2 amide bonds. The van der Waals surface area contributed by atoms with Crippen LogP contribution in [-0.2, 0) is 9.84 Å². The number of rotatable bonds is 7. The number of amides is 2. The molecule has 1 aliphatic rings. The molecule has 34 heavy (non-hydrogen) atoms. The number of hydrogen-bond donors (Lipinski definition) is 1. The molecule has 0 unspecified atom stereocenters. The minimum atomic E-state index is -3.92. The van der Waals surface area contributed by atoms with Crippen molar-refractivity contribution >= 4 is 33.0 Å². The average Bonchev–Trinajstić information content (AvgIpc) is 2.93. The lowest BCUT2D eigenvalue weighted by atomic mass is 10.1. The summed E-state index contributed by atoms with van der Waals surface area (Å²) in [6.07, 6.45) is 0. The van der Waals surface area contributed by atoms with Gasteiger partial charge in [-0.2, -0.15) is 0 Å². The van der Waals surface area contributed by atoms with Crippen molar-refractivity contribution < 1.29 is 18.0 Å². The SMILES string of the molecule is CCN(CCNC(=O)c1ccc2c(c1)N(CC)C(=O)c1ccccc1S2(=O)=O)c1ccccc1. The Balaban J connectivity index is 1.59. The quantitative estimate of drug-likeness (QED) is 0.560. The third kappa shape index (κ3) is 4.28. The summed E-state index contributed by atoms with van der Waals surface area (Å²) in [5, 5.41) is 2.90. The van der Waals surface area contributed by atoms with Crippen LogP contribution in [0.5, 0.6) is 0 Å². The van der Waals surface area contributed by atoms with Gasteiger partial charge in [0.15, 0.2) is 0 Å². The number of benzene rings is 3. The van der Waals surface area contributed by atoms with Crippen molar-refractivity contribution in [3.05, 3.63) is 83.9 Å². The molecule has 0 atom stereocenters. The molecular weight excluding hydrogens is 450 g/mol. The Morgan fingerprint density at radius 1 is 0.941 bits per heavy atom. The molecule has 0 aliphatic carbocycles. The summed E-state index contributed by atoms with van der Waals surface area (Å²) >= 11 is 0. The largest absolute Gasteiger partial charge is 0.370 e. The lowest BCUT2D eigenvalue weighted by Crippen LogP contribution is -2.35. The Morgan fingerprint density at radius 2 is 1.65 bits per heavy atom. The molecule has 176 valence electrons. The van der Waals surface area contributed by atoms with Crippen LogP contribution in [0.2, 0.25) is 0 Å². The molecule has 0 saturated carbocycles. The van der Waals surface area contributed by atoms with E-state index in [2.05, 4.69) is 17.1 Å². The molecule has 3 aromatic rings. The van der Waals surface area contributed by atoms with Crippen LogP contribution in [0.3, 0.4) is 0 Å². The maximum absolute atomic E-state index is 13.3. The smallest absolute Gasteiger partial charge is 0.259 e. The van der Waals surface area contributed by atoms with Crippen LogP contribution in [0.25, 0.3) is 0 Å². The summed E-state index contributed by atoms with van der Waals surface area (Å²) in [6.45, 7) is 5.93. The minimum Gasteiger partial charge on any atom is -0.370 e. The van der Waals surface area contributed by atoms with E-state index in [-0.39, 0.29) is 33.5 Å². The highest BCUT2D eigenvalue weighted by molar-refractivity contribution is 7.91. The van der Waals surface area contributed by atoms with Crippen molar-refractivity contribution in [1.82, 2.24) is 5.32 Å². The van der Waals surface area contributed by atoms with Gasteiger partial charge in [-0.05, 0) is 56.3 Å². The summed E-state index contributed by atoms with van der Waals surface area (Å²) in [7, 11) is -3.92. The van der Waals surface area contributed by atoms with Crippen LogP contribution in [-0.4, -0.2) is 46.4 Å². The summed E-state index contributed by atoms with van der Waals surface area (Å²) in [4.78, 5) is 29.6. The average molecular weight is 478 g/mol. The topological polar surface area (TPSA) is 86.8 Å². The van der Waals surface area contributed by atoms with Gasteiger partial charge in [-0.15, -0.1) is 0 Å². The van der Waals surface area contributed by atoms with Gasteiger partial charge in [0.1, 0.15) is 0 Å². The molecule has 1 heterocycles. The molecule has 0 fully saturated rings. The number of anilines is 2. The molecule has 0 bridgehead atoms. The number of nitrogens with one attached hydrogen (secondary N) is 1. The van der Waals surface area contributed by atoms with Gasteiger partial charge >= 0.3 is 0 Å². The second-order valence-corrected chi connectivity index (χ2v) is 9.79. The van der Waals surface area contributed by atoms with E-state index in [1.165, 1.54) is 35.2 Å². The monoisotopic (exact) mass is 477 g/mol. The molecule has 0 radical (unpaired) electrons. The van der Waals surface area contributed by atoms with Crippen molar-refractivity contribution in [2.75, 3.05) is 36.0 Å². The summed E-state index contributed by atoms with van der Waals surface area (Å²) in [5.41, 5.74) is 1.73. The molecule has 1 aliphatic heterocycles. The predicted octanol–water partition coefficient (Wildman–Crippen LogP) is 3.76. The Labute approximate surface area is 199 Å². The molecule has 0 aromatic heterocycles. The van der Waals surface area contributed by atoms with E-state index in [0.717, 1.165) is 12.2 Å². The zero-order valence-corrected chi connectivity index (χ0v) is 20.0. The second-order valence-electron chi connectivity index (χ2n) is 7.90. The predicted molar refractivity (Wildman–Crippen MR) is 132 cm³/mol. The van der Waals surface area contributed by atoms with Gasteiger partial charge < -0.3 is 15.1 Å². The van der Waals surface area contributed by atoms with E-state index in [1.54, 1.807) is 19.1 Å². The summed E-state index contributed by atoms with van der Waals surface area (Å²) in [5.74, 6) is -0.728. The molecule has 3 aromatic carbocycles. The summed E-state index contributed by atoms with van der Waals surface area (Å²) < 4.78 is 26.7. The molecule has 7 nitrogen and oxygen atoms in total. The van der Waals surface area contributed by atoms with Crippen LogP contribution in [0.1, 0.15) is 34.6 Å². The zero-order valence-electron chi connectivity index (χ0n) is 19.2. The Hall–Kier alpha value is -3.65. The first-order valence-electron chi connectivity index (χ1n) is 11.3. The molecule has 4 rings (SSSR count). The standard InChI is InChI=1S/C26H27N3O4S/c1-3-28(20-10-6-5-7-11-20)17-16-27-25(30)19-14-15-24-22(18-19)29(4-2)26(31)21-12-8-9-13-23(21)34(24,32)33/h5-15,18H,3-4,16-17H2,1-2H3,(H,27,30). The van der Waals surface area contributed by atoms with Gasteiger partial charge in [0.05, 0.1) is 21.0 Å². The molecule has 8 heteroatoms. The van der Waals surface area contributed by atoms with Crippen LogP contribution >= 0.6 is 0 Å². The van der Waals surface area contributed by atoms with Crippen LogP contribution in [0, 0.1) is 0 Å². The Bertz CT molecular complexity index is 1320. The highest BCUT2D eigenvalue weighted by Crippen LogP contribution is 2.37. The Morgan fingerprint density at radius 3 is 2.35 bits per heavy atom. The number of carbonyl (C=O) groups is 2. The summed E-state index contributed by atoms with van der Waals surface area (Å²) in [6, 6.07) is 20.5. The number of sulfone groups is 1. The molecular formula is C26H27N3O4S. The molecule has 0 spiro atoms. The third-order valence-electron chi connectivity index (χ3n) is 5.94. The number of hydrogen-bond acceptors (Lipinski definition) is 5. The fourth-order valence-corrected chi connectivity index (χ4v) is 5.81. The van der Waals surface area contributed by atoms with Gasteiger partial charge in [-0.25, -0.2) is 8.42 Å². The van der Waals surface area contributed by atoms with Gasteiger partial charge in [-0.3, -0.25) is 9.59 Å². The zero-order chi connectivity index (χ0) is 24.3. The first kappa shape index (κ1) is 23.5. The first-order valence-corrected chi connectivity index (χ1v) is 12.7. The van der Waals surface area contributed by atoms with Crippen molar-refractivity contribution in [3.8, 4) is 0 Å². The fraction of sp³-hybridized carbons (Fsp3) is 0.231.